The molecular formula is C16H20O4S. The first-order valence-electron chi connectivity index (χ1n) is 6.89. The van der Waals surface area contributed by atoms with Crippen LogP contribution >= 0.6 is 11.8 Å². The number of benzene rings is 1. The van der Waals surface area contributed by atoms with E-state index in [1.807, 2.05) is 12.1 Å². The molecule has 4 nitrogen and oxygen atoms in total. The van der Waals surface area contributed by atoms with Gasteiger partial charge in [-0.1, -0.05) is 0 Å². The van der Waals surface area contributed by atoms with Gasteiger partial charge in [-0.05, 0) is 42.2 Å². The van der Waals surface area contributed by atoms with E-state index in [0.717, 1.165) is 41.9 Å². The van der Waals surface area contributed by atoms with Crippen LogP contribution in [0.4, 0.5) is 0 Å². The van der Waals surface area contributed by atoms with Crippen molar-refractivity contribution < 1.29 is 19.1 Å². The number of hydrogen-bond acceptors (Lipinski definition) is 5. The van der Waals surface area contributed by atoms with Gasteiger partial charge in [0.05, 0.1) is 20.6 Å². The fourth-order valence-electron chi connectivity index (χ4n) is 2.29. The van der Waals surface area contributed by atoms with Crippen molar-refractivity contribution >= 4 is 24.0 Å². The van der Waals surface area contributed by atoms with Gasteiger partial charge in [0.15, 0.2) is 0 Å². The third kappa shape index (κ3) is 4.24. The van der Waals surface area contributed by atoms with Crippen molar-refractivity contribution in [2.75, 3.05) is 20.0 Å². The Hall–Kier alpha value is -1.49. The Balaban J connectivity index is 1.91. The molecule has 5 heteroatoms. The van der Waals surface area contributed by atoms with E-state index in [2.05, 4.69) is 0 Å². The van der Waals surface area contributed by atoms with Crippen molar-refractivity contribution in [3.05, 3.63) is 29.3 Å². The molecule has 0 bridgehead atoms. The van der Waals surface area contributed by atoms with Gasteiger partial charge in [0.1, 0.15) is 12.0 Å². The summed E-state index contributed by atoms with van der Waals surface area (Å²) < 4.78 is 10.1. The second-order valence-electron chi connectivity index (χ2n) is 5.43. The highest BCUT2D eigenvalue weighted by atomic mass is 32.2. The zero-order chi connectivity index (χ0) is 15.3. The first-order chi connectivity index (χ1) is 10.1. The lowest BCUT2D eigenvalue weighted by atomic mass is 10.1. The quantitative estimate of drug-likeness (QED) is 0.545. The number of carbonyl (C=O) groups excluding carboxylic acids is 2. The average Bonchev–Trinajstić information content (AvgIpc) is 3.26. The molecule has 0 spiro atoms. The minimum atomic E-state index is -0.131. The van der Waals surface area contributed by atoms with E-state index in [1.54, 1.807) is 24.9 Å². The number of methoxy groups -OCH3 is 2. The summed E-state index contributed by atoms with van der Waals surface area (Å²) in [7, 11) is 3.06. The second kappa shape index (κ2) is 6.98. The van der Waals surface area contributed by atoms with Crippen molar-refractivity contribution in [1.29, 1.82) is 0 Å². The average molecular weight is 308 g/mol. The van der Waals surface area contributed by atoms with Crippen molar-refractivity contribution in [2.24, 2.45) is 5.41 Å². The van der Waals surface area contributed by atoms with E-state index in [9.17, 15) is 9.59 Å². The molecular weight excluding hydrogens is 288 g/mol. The Morgan fingerprint density at radius 2 is 2.14 bits per heavy atom. The standard InChI is InChI=1S/C16H20O4S/c1-19-14-4-3-12(9-17)7-13(14)10-21-11-16(5-6-16)8-15(18)20-2/h3-4,7,9H,5-6,8,10-11H2,1-2H3. The fourth-order valence-corrected chi connectivity index (χ4v) is 3.66. The van der Waals surface area contributed by atoms with E-state index in [1.165, 1.54) is 7.11 Å². The van der Waals surface area contributed by atoms with Gasteiger partial charge in [0.2, 0.25) is 0 Å². The molecule has 0 unspecified atom stereocenters. The molecule has 2 rings (SSSR count). The highest BCUT2D eigenvalue weighted by molar-refractivity contribution is 7.98. The number of rotatable bonds is 8. The minimum Gasteiger partial charge on any atom is -0.496 e. The number of hydrogen-bond donors (Lipinski definition) is 0. The summed E-state index contributed by atoms with van der Waals surface area (Å²) >= 11 is 1.77. The van der Waals surface area contributed by atoms with Crippen LogP contribution in [0, 0.1) is 5.41 Å². The summed E-state index contributed by atoms with van der Waals surface area (Å²) in [5.41, 5.74) is 1.79. The van der Waals surface area contributed by atoms with Crippen LogP contribution in [0.2, 0.25) is 0 Å². The molecule has 0 radical (unpaired) electrons. The minimum absolute atomic E-state index is 0.118. The summed E-state index contributed by atoms with van der Waals surface area (Å²) in [6.07, 6.45) is 3.51. The molecule has 1 aliphatic carbocycles. The van der Waals surface area contributed by atoms with Crippen molar-refractivity contribution in [1.82, 2.24) is 0 Å². The van der Waals surface area contributed by atoms with E-state index in [-0.39, 0.29) is 11.4 Å². The van der Waals surface area contributed by atoms with Gasteiger partial charge in [-0.3, -0.25) is 9.59 Å². The Labute approximate surface area is 129 Å². The van der Waals surface area contributed by atoms with Crippen molar-refractivity contribution in [3.8, 4) is 5.75 Å². The predicted octanol–water partition coefficient (Wildman–Crippen LogP) is 3.08. The van der Waals surface area contributed by atoms with Crippen molar-refractivity contribution in [2.45, 2.75) is 25.0 Å². The maximum atomic E-state index is 11.4. The van der Waals surface area contributed by atoms with Gasteiger partial charge >= 0.3 is 5.97 Å². The zero-order valence-electron chi connectivity index (χ0n) is 12.4. The smallest absolute Gasteiger partial charge is 0.306 e. The van der Waals surface area contributed by atoms with Crippen LogP contribution < -0.4 is 4.74 Å². The van der Waals surface area contributed by atoms with Gasteiger partial charge < -0.3 is 9.47 Å². The molecule has 21 heavy (non-hydrogen) atoms. The molecule has 0 saturated heterocycles. The number of carbonyl (C=O) groups is 2. The maximum Gasteiger partial charge on any atom is 0.306 e. The Bertz CT molecular complexity index is 523. The van der Waals surface area contributed by atoms with Crippen LogP contribution in [0.25, 0.3) is 0 Å². The third-order valence-electron chi connectivity index (χ3n) is 3.81. The zero-order valence-corrected chi connectivity index (χ0v) is 13.2. The number of esters is 1. The maximum absolute atomic E-state index is 11.4. The largest absolute Gasteiger partial charge is 0.496 e. The van der Waals surface area contributed by atoms with Crippen LogP contribution in [0.5, 0.6) is 5.75 Å². The molecule has 114 valence electrons. The summed E-state index contributed by atoms with van der Waals surface area (Å²) in [4.78, 5) is 22.3. The third-order valence-corrected chi connectivity index (χ3v) is 5.14. The van der Waals surface area contributed by atoms with E-state index < -0.39 is 0 Å². The number of thioether (sulfide) groups is 1. The molecule has 1 aromatic carbocycles. The molecule has 0 aromatic heterocycles. The normalized spacial score (nSPS) is 15.3. The first kappa shape index (κ1) is 15.9. The van der Waals surface area contributed by atoms with Gasteiger partial charge in [-0.2, -0.15) is 11.8 Å². The van der Waals surface area contributed by atoms with Crippen LogP contribution in [0.15, 0.2) is 18.2 Å². The monoisotopic (exact) mass is 308 g/mol. The molecule has 1 fully saturated rings. The summed E-state index contributed by atoms with van der Waals surface area (Å²) in [5, 5.41) is 0. The molecule has 1 aromatic rings. The molecule has 0 aliphatic heterocycles. The lowest BCUT2D eigenvalue weighted by Gasteiger charge is -2.14. The molecule has 0 atom stereocenters. The van der Waals surface area contributed by atoms with Gasteiger partial charge in [0.25, 0.3) is 0 Å². The van der Waals surface area contributed by atoms with E-state index in [4.69, 9.17) is 9.47 Å². The summed E-state index contributed by atoms with van der Waals surface area (Å²) in [5.74, 6) is 2.37. The van der Waals surface area contributed by atoms with Crippen LogP contribution in [0.1, 0.15) is 35.2 Å². The molecule has 0 amide bonds. The second-order valence-corrected chi connectivity index (χ2v) is 6.42. The van der Waals surface area contributed by atoms with Crippen molar-refractivity contribution in [3.63, 3.8) is 0 Å². The van der Waals surface area contributed by atoms with Gasteiger partial charge in [-0.15, -0.1) is 0 Å². The van der Waals surface area contributed by atoms with Crippen LogP contribution in [-0.4, -0.2) is 32.2 Å². The van der Waals surface area contributed by atoms with Gasteiger partial charge in [0, 0.05) is 16.9 Å². The van der Waals surface area contributed by atoms with E-state index in [0.29, 0.717) is 12.0 Å². The first-order valence-corrected chi connectivity index (χ1v) is 8.04. The topological polar surface area (TPSA) is 52.6 Å². The highest BCUT2D eigenvalue weighted by Gasteiger charge is 2.44. The molecule has 0 N–H and O–H groups in total. The molecule has 1 saturated carbocycles. The lowest BCUT2D eigenvalue weighted by Crippen LogP contribution is -2.13. The molecule has 1 aliphatic rings. The van der Waals surface area contributed by atoms with Crippen LogP contribution in [0.3, 0.4) is 0 Å². The Morgan fingerprint density at radius 3 is 2.71 bits per heavy atom. The van der Waals surface area contributed by atoms with E-state index >= 15 is 0 Å². The lowest BCUT2D eigenvalue weighted by molar-refractivity contribution is -0.141. The predicted molar refractivity (Wildman–Crippen MR) is 82.8 cm³/mol. The number of aldehydes is 1. The number of ether oxygens (including phenoxy) is 2. The molecule has 0 heterocycles. The summed E-state index contributed by atoms with van der Waals surface area (Å²) in [6.45, 7) is 0. The SMILES string of the molecule is COC(=O)CC1(CSCc2cc(C=O)ccc2OC)CC1. The van der Waals surface area contributed by atoms with Gasteiger partial charge in [-0.25, -0.2) is 0 Å². The van der Waals surface area contributed by atoms with Crippen LogP contribution in [-0.2, 0) is 15.3 Å². The highest BCUT2D eigenvalue weighted by Crippen LogP contribution is 2.51. The Kier molecular flexibility index (Phi) is 5.28. The Morgan fingerprint density at radius 1 is 1.38 bits per heavy atom. The summed E-state index contributed by atoms with van der Waals surface area (Å²) in [6, 6.07) is 5.43. The fraction of sp³-hybridized carbons (Fsp3) is 0.500.